The number of Topliss-reactive ketones (excluding diaryl/α,β-unsaturated/α-hetero) is 1. The second-order valence-corrected chi connectivity index (χ2v) is 10.3. The van der Waals surface area contributed by atoms with Crippen molar-refractivity contribution in [2.45, 2.75) is 45.4 Å². The van der Waals surface area contributed by atoms with Crippen molar-refractivity contribution >= 4 is 29.6 Å². The van der Waals surface area contributed by atoms with Crippen molar-refractivity contribution in [3.8, 4) is 0 Å². The highest BCUT2D eigenvalue weighted by molar-refractivity contribution is 6.20. The highest BCUT2D eigenvalue weighted by atomic mass is 16.7. The number of fused-ring (bicyclic) bond motifs is 1. The van der Waals surface area contributed by atoms with Gasteiger partial charge in [-0.25, -0.2) is 4.79 Å². The van der Waals surface area contributed by atoms with E-state index in [1.807, 2.05) is 62.4 Å². The lowest BCUT2D eigenvalue weighted by molar-refractivity contribution is -0.141. The zero-order chi connectivity index (χ0) is 30.1. The Balaban J connectivity index is 1.43. The number of amides is 4. The van der Waals surface area contributed by atoms with Gasteiger partial charge < -0.3 is 15.4 Å². The average Bonchev–Trinajstić information content (AvgIpc) is 3.23. The van der Waals surface area contributed by atoms with Crippen LogP contribution in [0.3, 0.4) is 0 Å². The molecule has 4 amide bonds. The fourth-order valence-electron chi connectivity index (χ4n) is 4.49. The molecule has 42 heavy (non-hydrogen) atoms. The zero-order valence-electron chi connectivity index (χ0n) is 23.4. The van der Waals surface area contributed by atoms with Crippen LogP contribution in [-0.2, 0) is 32.2 Å². The second-order valence-electron chi connectivity index (χ2n) is 10.3. The summed E-state index contributed by atoms with van der Waals surface area (Å²) in [6.07, 6.45) is -0.340. The largest absolute Gasteiger partial charge is 0.445 e. The molecular formula is C32H33N3O7. The summed E-state index contributed by atoms with van der Waals surface area (Å²) in [7, 11) is 0. The summed E-state index contributed by atoms with van der Waals surface area (Å²) in [6.45, 7) is 3.21. The van der Waals surface area contributed by atoms with E-state index in [4.69, 9.17) is 9.57 Å². The molecule has 0 radical (unpaired) electrons. The van der Waals surface area contributed by atoms with Crippen molar-refractivity contribution in [2.24, 2.45) is 5.92 Å². The van der Waals surface area contributed by atoms with Gasteiger partial charge in [0.05, 0.1) is 17.2 Å². The van der Waals surface area contributed by atoms with E-state index in [2.05, 4.69) is 10.6 Å². The fraction of sp³-hybridized carbons (Fsp3) is 0.281. The van der Waals surface area contributed by atoms with Gasteiger partial charge in [0.2, 0.25) is 5.91 Å². The van der Waals surface area contributed by atoms with Crippen LogP contribution in [0.5, 0.6) is 0 Å². The molecule has 0 aromatic heterocycles. The van der Waals surface area contributed by atoms with Crippen molar-refractivity contribution in [1.82, 2.24) is 15.7 Å². The molecule has 10 nitrogen and oxygen atoms in total. The molecule has 0 unspecified atom stereocenters. The van der Waals surface area contributed by atoms with Crippen LogP contribution in [0.2, 0.25) is 0 Å². The molecule has 218 valence electrons. The van der Waals surface area contributed by atoms with E-state index in [1.54, 1.807) is 24.3 Å². The minimum absolute atomic E-state index is 0.0347. The van der Waals surface area contributed by atoms with Crippen LogP contribution in [0.1, 0.15) is 52.1 Å². The summed E-state index contributed by atoms with van der Waals surface area (Å²) >= 11 is 0. The van der Waals surface area contributed by atoms with E-state index in [-0.39, 0.29) is 30.1 Å². The molecule has 2 atom stereocenters. The van der Waals surface area contributed by atoms with Crippen molar-refractivity contribution in [1.29, 1.82) is 0 Å². The number of carbonyl (C=O) groups is 5. The molecule has 2 N–H and O–H groups in total. The van der Waals surface area contributed by atoms with Gasteiger partial charge in [-0.3, -0.25) is 24.0 Å². The zero-order valence-corrected chi connectivity index (χ0v) is 23.4. The molecule has 3 aromatic rings. The molecule has 1 aliphatic heterocycles. The summed E-state index contributed by atoms with van der Waals surface area (Å²) in [5, 5.41) is 5.91. The first kappa shape index (κ1) is 30.1. The predicted octanol–water partition coefficient (Wildman–Crippen LogP) is 3.85. The Bertz CT molecular complexity index is 1390. The monoisotopic (exact) mass is 571 g/mol. The van der Waals surface area contributed by atoms with Gasteiger partial charge in [0.1, 0.15) is 19.3 Å². The number of nitrogens with one attached hydrogen (secondary N) is 2. The Morgan fingerprint density at radius 2 is 1.29 bits per heavy atom. The van der Waals surface area contributed by atoms with Crippen LogP contribution in [0.15, 0.2) is 84.9 Å². The topological polar surface area (TPSA) is 131 Å². The summed E-state index contributed by atoms with van der Waals surface area (Å²) in [6, 6.07) is 22.4. The molecule has 0 fully saturated rings. The third-order valence-electron chi connectivity index (χ3n) is 6.61. The number of hydrogen-bond acceptors (Lipinski definition) is 7. The number of hydroxylamine groups is 2. The minimum atomic E-state index is -1.06. The van der Waals surface area contributed by atoms with Crippen molar-refractivity contribution < 1.29 is 33.5 Å². The molecule has 4 rings (SSSR count). The number of alkyl carbamates (subject to hydrolysis) is 1. The van der Waals surface area contributed by atoms with Crippen LogP contribution in [-0.4, -0.2) is 53.4 Å². The highest BCUT2D eigenvalue weighted by Gasteiger charge is 2.37. The van der Waals surface area contributed by atoms with E-state index >= 15 is 0 Å². The van der Waals surface area contributed by atoms with Gasteiger partial charge in [-0.05, 0) is 42.0 Å². The molecule has 1 heterocycles. The standard InChI is InChI=1S/C32H33N3O7/c1-21(2)17-27(34-32(40)41-19-23-13-7-4-8-14-23)29(37)33-26(18-22-11-5-3-6-12-22)28(36)20-42-35-30(38)24-15-9-10-16-25(24)31(35)39/h3-16,21,26-27H,17-20H2,1-2H3,(H,33,37)(H,34,40)/t26-,27-/m0/s1. The second kappa shape index (κ2) is 14.2. The third kappa shape index (κ3) is 7.88. The molecule has 10 heteroatoms. The SMILES string of the molecule is CC(C)C[C@H](NC(=O)OCc1ccccc1)C(=O)N[C@@H](Cc1ccccc1)C(=O)CON1C(=O)c2ccccc2C1=O. The van der Waals surface area contributed by atoms with Crippen molar-refractivity contribution in [2.75, 3.05) is 6.61 Å². The summed E-state index contributed by atoms with van der Waals surface area (Å²) in [5.74, 6) is -2.42. The van der Waals surface area contributed by atoms with Crippen molar-refractivity contribution in [3.63, 3.8) is 0 Å². The average molecular weight is 572 g/mol. The number of hydrogen-bond donors (Lipinski definition) is 2. The van der Waals surface area contributed by atoms with Crippen LogP contribution in [0.25, 0.3) is 0 Å². The number of carbonyl (C=O) groups excluding carboxylic acids is 5. The van der Waals surface area contributed by atoms with Crippen LogP contribution < -0.4 is 10.6 Å². The van der Waals surface area contributed by atoms with Gasteiger partial charge in [0, 0.05) is 0 Å². The molecule has 1 aliphatic rings. The predicted molar refractivity (Wildman–Crippen MR) is 153 cm³/mol. The first-order valence-electron chi connectivity index (χ1n) is 13.7. The Kier molecular flexibility index (Phi) is 10.2. The molecular weight excluding hydrogens is 538 g/mol. The summed E-state index contributed by atoms with van der Waals surface area (Å²) in [5.41, 5.74) is 1.94. The Labute approximate surface area is 243 Å². The van der Waals surface area contributed by atoms with E-state index in [0.29, 0.717) is 11.5 Å². The molecule has 0 aliphatic carbocycles. The van der Waals surface area contributed by atoms with Gasteiger partial charge in [-0.15, -0.1) is 5.06 Å². The highest BCUT2D eigenvalue weighted by Crippen LogP contribution is 2.22. The van der Waals surface area contributed by atoms with E-state index < -0.39 is 48.3 Å². The molecule has 0 bridgehead atoms. The first-order valence-corrected chi connectivity index (χ1v) is 13.7. The molecule has 3 aromatic carbocycles. The maximum Gasteiger partial charge on any atom is 0.408 e. The number of benzene rings is 3. The smallest absolute Gasteiger partial charge is 0.408 e. The first-order chi connectivity index (χ1) is 20.2. The molecule has 0 saturated carbocycles. The fourth-order valence-corrected chi connectivity index (χ4v) is 4.49. The van der Waals surface area contributed by atoms with E-state index in [1.165, 1.54) is 12.1 Å². The maximum atomic E-state index is 13.4. The lowest BCUT2D eigenvalue weighted by Crippen LogP contribution is -2.53. The molecule has 0 spiro atoms. The Morgan fingerprint density at radius 1 is 0.738 bits per heavy atom. The quantitative estimate of drug-likeness (QED) is 0.298. The number of rotatable bonds is 13. The third-order valence-corrected chi connectivity index (χ3v) is 6.61. The van der Waals surface area contributed by atoms with E-state index in [9.17, 15) is 24.0 Å². The van der Waals surface area contributed by atoms with Gasteiger partial charge in [0.25, 0.3) is 11.8 Å². The number of ketones is 1. The summed E-state index contributed by atoms with van der Waals surface area (Å²) in [4.78, 5) is 70.0. The Morgan fingerprint density at radius 3 is 1.86 bits per heavy atom. The minimum Gasteiger partial charge on any atom is -0.445 e. The van der Waals surface area contributed by atoms with Gasteiger partial charge >= 0.3 is 6.09 Å². The number of imide groups is 1. The normalized spacial score (nSPS) is 13.8. The number of nitrogens with zero attached hydrogens (tertiary/aromatic N) is 1. The summed E-state index contributed by atoms with van der Waals surface area (Å²) < 4.78 is 5.29. The van der Waals surface area contributed by atoms with Gasteiger partial charge in [0.15, 0.2) is 5.78 Å². The van der Waals surface area contributed by atoms with Gasteiger partial charge in [-0.2, -0.15) is 0 Å². The van der Waals surface area contributed by atoms with Crippen LogP contribution in [0.4, 0.5) is 4.79 Å². The lowest BCUT2D eigenvalue weighted by Gasteiger charge is -2.24. The van der Waals surface area contributed by atoms with Crippen molar-refractivity contribution in [3.05, 3.63) is 107 Å². The number of ether oxygens (including phenoxy) is 1. The van der Waals surface area contributed by atoms with Crippen LogP contribution in [0, 0.1) is 5.92 Å². The maximum absolute atomic E-state index is 13.4. The molecule has 0 saturated heterocycles. The van der Waals surface area contributed by atoms with Crippen LogP contribution >= 0.6 is 0 Å². The van der Waals surface area contributed by atoms with E-state index in [0.717, 1.165) is 11.1 Å². The van der Waals surface area contributed by atoms with Gasteiger partial charge in [-0.1, -0.05) is 86.6 Å². The lowest BCUT2D eigenvalue weighted by atomic mass is 10.00. The Hall–Kier alpha value is -4.83.